The second kappa shape index (κ2) is 8.35. The average Bonchev–Trinajstić information content (AvgIpc) is 3.06. The van der Waals surface area contributed by atoms with Gasteiger partial charge in [-0.2, -0.15) is 0 Å². The van der Waals surface area contributed by atoms with Crippen LogP contribution in [0.3, 0.4) is 0 Å². The SMILES string of the molecule is C=CCn1c(SCc2ccc(C(C)(C)C)cc2)nc2sc3c(c2c1=O)CCC(C)C3. The Morgan fingerprint density at radius 1 is 1.30 bits per heavy atom. The number of hydrogen-bond acceptors (Lipinski definition) is 4. The van der Waals surface area contributed by atoms with Crippen molar-refractivity contribution in [2.24, 2.45) is 5.92 Å². The lowest BCUT2D eigenvalue weighted by atomic mass is 9.87. The number of nitrogens with zero attached hydrogens (tertiary/aromatic N) is 2. The maximum atomic E-state index is 13.4. The first-order chi connectivity index (χ1) is 14.3. The van der Waals surface area contributed by atoms with Crippen LogP contribution in [0.4, 0.5) is 0 Å². The highest BCUT2D eigenvalue weighted by Gasteiger charge is 2.24. The number of aryl methyl sites for hydroxylation is 1. The Morgan fingerprint density at radius 3 is 2.70 bits per heavy atom. The quantitative estimate of drug-likeness (QED) is 0.264. The molecule has 0 bridgehead atoms. The van der Waals surface area contributed by atoms with Crippen LogP contribution in [0.25, 0.3) is 10.2 Å². The smallest absolute Gasteiger partial charge is 0.263 e. The summed E-state index contributed by atoms with van der Waals surface area (Å²) >= 11 is 3.36. The third-order valence-corrected chi connectivity index (χ3v) is 8.08. The predicted molar refractivity (Wildman–Crippen MR) is 130 cm³/mol. The first kappa shape index (κ1) is 21.4. The van der Waals surface area contributed by atoms with Crippen molar-refractivity contribution in [1.29, 1.82) is 0 Å². The van der Waals surface area contributed by atoms with Crippen LogP contribution in [0.1, 0.15) is 55.7 Å². The van der Waals surface area contributed by atoms with Gasteiger partial charge in [-0.3, -0.25) is 9.36 Å². The standard InChI is InChI=1S/C25H30N2OS2/c1-6-13-27-23(28)21-19-12-7-16(2)14-20(19)30-22(21)26-24(27)29-15-17-8-10-18(11-9-17)25(3,4)5/h6,8-11,16H,1,7,12-15H2,2-5H3. The average molecular weight is 439 g/mol. The maximum absolute atomic E-state index is 13.4. The van der Waals surface area contributed by atoms with E-state index in [1.807, 2.05) is 0 Å². The van der Waals surface area contributed by atoms with Crippen molar-refractivity contribution in [2.75, 3.05) is 0 Å². The van der Waals surface area contributed by atoms with Gasteiger partial charge in [0.1, 0.15) is 4.83 Å². The van der Waals surface area contributed by atoms with Crippen molar-refractivity contribution >= 4 is 33.3 Å². The lowest BCUT2D eigenvalue weighted by Gasteiger charge is -2.19. The van der Waals surface area contributed by atoms with Crippen molar-refractivity contribution < 1.29 is 0 Å². The molecule has 0 aliphatic heterocycles. The Bertz CT molecular complexity index is 1130. The van der Waals surface area contributed by atoms with E-state index in [2.05, 4.69) is 58.5 Å². The molecule has 5 heteroatoms. The molecule has 1 aliphatic rings. The highest BCUT2D eigenvalue weighted by Crippen LogP contribution is 2.37. The number of thioether (sulfide) groups is 1. The highest BCUT2D eigenvalue weighted by molar-refractivity contribution is 7.98. The second-order valence-electron chi connectivity index (χ2n) is 9.37. The summed E-state index contributed by atoms with van der Waals surface area (Å²) in [5.74, 6) is 1.48. The maximum Gasteiger partial charge on any atom is 0.263 e. The molecule has 30 heavy (non-hydrogen) atoms. The molecule has 2 aromatic heterocycles. The van der Waals surface area contributed by atoms with Crippen LogP contribution in [-0.2, 0) is 30.6 Å². The largest absolute Gasteiger partial charge is 0.283 e. The monoisotopic (exact) mass is 438 g/mol. The van der Waals surface area contributed by atoms with E-state index >= 15 is 0 Å². The van der Waals surface area contributed by atoms with Crippen molar-refractivity contribution in [1.82, 2.24) is 9.55 Å². The van der Waals surface area contributed by atoms with Crippen LogP contribution < -0.4 is 5.56 Å². The molecule has 0 amide bonds. The van der Waals surface area contributed by atoms with E-state index in [1.54, 1.807) is 33.7 Å². The highest BCUT2D eigenvalue weighted by atomic mass is 32.2. The van der Waals surface area contributed by atoms with Crippen molar-refractivity contribution in [3.63, 3.8) is 0 Å². The fourth-order valence-electron chi connectivity index (χ4n) is 4.05. The third-order valence-electron chi connectivity index (χ3n) is 5.88. The van der Waals surface area contributed by atoms with Gasteiger partial charge in [-0.15, -0.1) is 17.9 Å². The molecule has 158 valence electrons. The van der Waals surface area contributed by atoms with E-state index in [-0.39, 0.29) is 11.0 Å². The van der Waals surface area contributed by atoms with Gasteiger partial charge in [-0.1, -0.05) is 69.8 Å². The minimum atomic E-state index is 0.0949. The van der Waals surface area contributed by atoms with E-state index < -0.39 is 0 Å². The molecule has 0 spiro atoms. The predicted octanol–water partition coefficient (Wildman–Crippen LogP) is 6.36. The van der Waals surface area contributed by atoms with Crippen LogP contribution in [0, 0.1) is 5.92 Å². The number of hydrogen-bond donors (Lipinski definition) is 0. The van der Waals surface area contributed by atoms with E-state index in [9.17, 15) is 4.79 Å². The molecular weight excluding hydrogens is 408 g/mol. The molecule has 0 fully saturated rings. The van der Waals surface area contributed by atoms with Crippen molar-refractivity contribution in [3.05, 3.63) is 68.8 Å². The second-order valence-corrected chi connectivity index (χ2v) is 11.4. The topological polar surface area (TPSA) is 34.9 Å². The summed E-state index contributed by atoms with van der Waals surface area (Å²) in [6.07, 6.45) is 5.01. The Labute approximate surface area is 187 Å². The van der Waals surface area contributed by atoms with Crippen LogP contribution in [0.5, 0.6) is 0 Å². The third kappa shape index (κ3) is 4.15. The molecule has 4 rings (SSSR count). The number of rotatable bonds is 5. The molecule has 1 atom stereocenters. The van der Waals surface area contributed by atoms with Crippen LogP contribution >= 0.6 is 23.1 Å². The minimum Gasteiger partial charge on any atom is -0.283 e. The van der Waals surface area contributed by atoms with Gasteiger partial charge in [0.25, 0.3) is 5.56 Å². The fraction of sp³-hybridized carbons (Fsp3) is 0.440. The first-order valence-corrected chi connectivity index (χ1v) is 12.5. The van der Waals surface area contributed by atoms with Gasteiger partial charge >= 0.3 is 0 Å². The summed E-state index contributed by atoms with van der Waals surface area (Å²) in [6.45, 7) is 13.3. The van der Waals surface area contributed by atoms with E-state index in [0.29, 0.717) is 12.5 Å². The summed E-state index contributed by atoms with van der Waals surface area (Å²) in [7, 11) is 0. The summed E-state index contributed by atoms with van der Waals surface area (Å²) in [5.41, 5.74) is 4.07. The number of thiophene rings is 1. The summed E-state index contributed by atoms with van der Waals surface area (Å²) in [6, 6.07) is 8.79. The molecule has 3 nitrogen and oxygen atoms in total. The van der Waals surface area contributed by atoms with E-state index in [1.165, 1.54) is 21.6 Å². The molecule has 0 N–H and O–H groups in total. The zero-order chi connectivity index (χ0) is 21.5. The molecule has 3 aromatic rings. The minimum absolute atomic E-state index is 0.0949. The Hall–Kier alpha value is -1.85. The molecular formula is C25H30N2OS2. The number of fused-ring (bicyclic) bond motifs is 3. The van der Waals surface area contributed by atoms with E-state index in [0.717, 1.165) is 40.4 Å². The lowest BCUT2D eigenvalue weighted by molar-refractivity contribution is 0.509. The number of aromatic nitrogens is 2. The van der Waals surface area contributed by atoms with Gasteiger partial charge in [-0.25, -0.2) is 4.98 Å². The molecule has 0 radical (unpaired) electrons. The molecule has 0 saturated carbocycles. The Balaban J connectivity index is 1.67. The van der Waals surface area contributed by atoms with Gasteiger partial charge < -0.3 is 0 Å². The summed E-state index contributed by atoms with van der Waals surface area (Å²) in [4.78, 5) is 20.6. The number of allylic oxidation sites excluding steroid dienone is 1. The lowest BCUT2D eigenvalue weighted by Crippen LogP contribution is -2.23. The van der Waals surface area contributed by atoms with Crippen molar-refractivity contribution in [2.45, 2.75) is 69.8 Å². The van der Waals surface area contributed by atoms with Crippen LogP contribution in [0.2, 0.25) is 0 Å². The molecule has 1 aromatic carbocycles. The summed E-state index contributed by atoms with van der Waals surface area (Å²) in [5, 5.41) is 1.64. The molecule has 1 aliphatic carbocycles. The van der Waals surface area contributed by atoms with Crippen LogP contribution in [0.15, 0.2) is 46.9 Å². The van der Waals surface area contributed by atoms with Crippen LogP contribution in [-0.4, -0.2) is 9.55 Å². The first-order valence-electron chi connectivity index (χ1n) is 10.7. The van der Waals surface area contributed by atoms with Gasteiger partial charge in [0, 0.05) is 17.2 Å². The van der Waals surface area contributed by atoms with Gasteiger partial charge in [0.05, 0.1) is 5.39 Å². The number of benzene rings is 1. The Morgan fingerprint density at radius 2 is 2.03 bits per heavy atom. The normalized spacial score (nSPS) is 16.6. The fourth-order valence-corrected chi connectivity index (χ4v) is 6.44. The Kier molecular flexibility index (Phi) is 5.95. The zero-order valence-electron chi connectivity index (χ0n) is 18.3. The zero-order valence-corrected chi connectivity index (χ0v) is 20.0. The molecule has 1 unspecified atom stereocenters. The molecule has 2 heterocycles. The van der Waals surface area contributed by atoms with Gasteiger partial charge in [-0.05, 0) is 47.3 Å². The van der Waals surface area contributed by atoms with Gasteiger partial charge in [0.15, 0.2) is 5.16 Å². The van der Waals surface area contributed by atoms with E-state index in [4.69, 9.17) is 4.98 Å². The van der Waals surface area contributed by atoms with Gasteiger partial charge in [0.2, 0.25) is 0 Å². The summed E-state index contributed by atoms with van der Waals surface area (Å²) < 4.78 is 1.80. The van der Waals surface area contributed by atoms with Crippen molar-refractivity contribution in [3.8, 4) is 0 Å². The molecule has 0 saturated heterocycles.